The molecule has 0 atom stereocenters. The number of carbonyl (C=O) groups is 1. The fourth-order valence-corrected chi connectivity index (χ4v) is 4.10. The summed E-state index contributed by atoms with van der Waals surface area (Å²) < 4.78 is 0. The van der Waals surface area contributed by atoms with Crippen molar-refractivity contribution in [2.75, 3.05) is 42.6 Å². The zero-order valence-electron chi connectivity index (χ0n) is 14.8. The van der Waals surface area contributed by atoms with Gasteiger partial charge in [0.25, 0.3) is 5.91 Å². The Morgan fingerprint density at radius 2 is 1.71 bits per heavy atom. The Morgan fingerprint density at radius 3 is 2.33 bits per heavy atom. The van der Waals surface area contributed by atoms with E-state index in [0.29, 0.717) is 11.6 Å². The number of amides is 1. The number of nitrogens with zero attached hydrogens (tertiary/aromatic N) is 4. The maximum atomic E-state index is 12.9. The summed E-state index contributed by atoms with van der Waals surface area (Å²) in [5, 5.41) is 0. The molecule has 0 radical (unpaired) electrons. The molecule has 2 saturated heterocycles. The van der Waals surface area contributed by atoms with Crippen LogP contribution in [0.1, 0.15) is 61.6 Å². The van der Waals surface area contributed by atoms with Gasteiger partial charge in [-0.25, -0.2) is 9.97 Å². The molecule has 1 amide bonds. The number of hydrogen-bond acceptors (Lipinski definition) is 5. The van der Waals surface area contributed by atoms with Gasteiger partial charge in [0.2, 0.25) is 5.95 Å². The Morgan fingerprint density at radius 1 is 1.04 bits per heavy atom. The summed E-state index contributed by atoms with van der Waals surface area (Å²) >= 11 is 1.91. The van der Waals surface area contributed by atoms with Gasteiger partial charge in [0, 0.05) is 43.4 Å². The molecule has 6 heteroatoms. The lowest BCUT2D eigenvalue weighted by atomic mass is 10.1. The van der Waals surface area contributed by atoms with Crippen molar-refractivity contribution in [2.24, 2.45) is 0 Å². The first-order chi connectivity index (χ1) is 11.6. The van der Waals surface area contributed by atoms with Crippen LogP contribution in [0.5, 0.6) is 0 Å². The third-order valence-electron chi connectivity index (χ3n) is 4.73. The van der Waals surface area contributed by atoms with Crippen LogP contribution in [-0.4, -0.2) is 58.5 Å². The van der Waals surface area contributed by atoms with Gasteiger partial charge in [-0.3, -0.25) is 4.79 Å². The van der Waals surface area contributed by atoms with Gasteiger partial charge in [0.1, 0.15) is 5.69 Å². The normalized spacial score (nSPS) is 19.5. The molecule has 2 fully saturated rings. The van der Waals surface area contributed by atoms with E-state index in [2.05, 4.69) is 23.7 Å². The van der Waals surface area contributed by atoms with Crippen LogP contribution < -0.4 is 4.90 Å². The van der Waals surface area contributed by atoms with Crippen molar-refractivity contribution in [3.05, 3.63) is 17.5 Å². The molecule has 0 bridgehead atoms. The molecule has 2 aliphatic heterocycles. The van der Waals surface area contributed by atoms with E-state index in [-0.39, 0.29) is 5.91 Å². The molecule has 132 valence electrons. The Hall–Kier alpha value is -1.30. The molecule has 1 aromatic rings. The zero-order valence-corrected chi connectivity index (χ0v) is 15.6. The second kappa shape index (κ2) is 8.19. The molecule has 2 aliphatic rings. The van der Waals surface area contributed by atoms with Crippen LogP contribution in [0, 0.1) is 0 Å². The Bertz CT molecular complexity index is 564. The Balaban J connectivity index is 1.88. The first-order valence-corrected chi connectivity index (χ1v) is 10.3. The number of hydrogen-bond donors (Lipinski definition) is 0. The van der Waals surface area contributed by atoms with Crippen molar-refractivity contribution >= 4 is 23.6 Å². The molecule has 3 rings (SSSR count). The summed E-state index contributed by atoms with van der Waals surface area (Å²) in [6.07, 6.45) is 4.92. The van der Waals surface area contributed by atoms with E-state index >= 15 is 0 Å². The van der Waals surface area contributed by atoms with Crippen LogP contribution in [0.15, 0.2) is 6.07 Å². The van der Waals surface area contributed by atoms with Gasteiger partial charge in [-0.15, -0.1) is 0 Å². The zero-order chi connectivity index (χ0) is 16.9. The minimum absolute atomic E-state index is 0.0654. The van der Waals surface area contributed by atoms with Gasteiger partial charge in [-0.2, -0.15) is 11.8 Å². The predicted octanol–water partition coefficient (Wildman–Crippen LogP) is 3.17. The fourth-order valence-electron chi connectivity index (χ4n) is 3.20. The Labute approximate surface area is 149 Å². The number of carbonyl (C=O) groups excluding carboxylic acids is 1. The second-order valence-corrected chi connectivity index (χ2v) is 8.16. The summed E-state index contributed by atoms with van der Waals surface area (Å²) in [4.78, 5) is 26.5. The molecular formula is C18H28N4OS. The highest BCUT2D eigenvalue weighted by Gasteiger charge is 2.23. The first kappa shape index (κ1) is 17.5. The van der Waals surface area contributed by atoms with E-state index in [1.54, 1.807) is 0 Å². The van der Waals surface area contributed by atoms with Crippen molar-refractivity contribution < 1.29 is 4.79 Å². The predicted molar refractivity (Wildman–Crippen MR) is 100 cm³/mol. The molecule has 5 nitrogen and oxygen atoms in total. The average molecular weight is 349 g/mol. The van der Waals surface area contributed by atoms with Gasteiger partial charge in [-0.05, 0) is 24.8 Å². The van der Waals surface area contributed by atoms with Gasteiger partial charge in [0.05, 0.1) is 0 Å². The highest BCUT2D eigenvalue weighted by molar-refractivity contribution is 7.99. The van der Waals surface area contributed by atoms with E-state index in [4.69, 9.17) is 4.98 Å². The van der Waals surface area contributed by atoms with Crippen LogP contribution in [0.4, 0.5) is 5.95 Å². The van der Waals surface area contributed by atoms with Gasteiger partial charge in [-0.1, -0.05) is 26.7 Å². The molecular weight excluding hydrogens is 320 g/mol. The minimum atomic E-state index is 0.0654. The van der Waals surface area contributed by atoms with Crippen LogP contribution in [0.3, 0.4) is 0 Å². The van der Waals surface area contributed by atoms with E-state index in [1.807, 2.05) is 22.7 Å². The molecule has 0 aromatic carbocycles. The van der Waals surface area contributed by atoms with Crippen molar-refractivity contribution in [1.82, 2.24) is 14.9 Å². The monoisotopic (exact) mass is 348 g/mol. The highest BCUT2D eigenvalue weighted by atomic mass is 32.2. The Kier molecular flexibility index (Phi) is 5.98. The third-order valence-corrected chi connectivity index (χ3v) is 5.67. The maximum Gasteiger partial charge on any atom is 0.272 e. The third kappa shape index (κ3) is 4.21. The van der Waals surface area contributed by atoms with Gasteiger partial charge < -0.3 is 9.80 Å². The SMILES string of the molecule is CC(C)c1cc(C(=O)N2CCSCC2)nc(N2CCCCCC2)n1. The standard InChI is InChI=1S/C18H28N4OS/c1-14(2)15-13-16(17(23)21-9-11-24-12-10-21)20-18(19-15)22-7-5-3-4-6-8-22/h13-14H,3-12H2,1-2H3. The number of thioether (sulfide) groups is 1. The molecule has 1 aromatic heterocycles. The molecule has 0 spiro atoms. The van der Waals surface area contributed by atoms with Crippen LogP contribution in [-0.2, 0) is 0 Å². The van der Waals surface area contributed by atoms with Gasteiger partial charge in [0.15, 0.2) is 0 Å². The topological polar surface area (TPSA) is 49.3 Å². The molecule has 0 N–H and O–H groups in total. The minimum Gasteiger partial charge on any atom is -0.341 e. The first-order valence-electron chi connectivity index (χ1n) is 9.16. The largest absolute Gasteiger partial charge is 0.341 e. The number of rotatable bonds is 3. The van der Waals surface area contributed by atoms with Crippen molar-refractivity contribution in [3.8, 4) is 0 Å². The van der Waals surface area contributed by atoms with Crippen molar-refractivity contribution in [2.45, 2.75) is 45.4 Å². The molecule has 0 unspecified atom stereocenters. The molecule has 0 saturated carbocycles. The smallest absolute Gasteiger partial charge is 0.272 e. The lowest BCUT2D eigenvalue weighted by molar-refractivity contribution is 0.0766. The van der Waals surface area contributed by atoms with E-state index in [9.17, 15) is 4.79 Å². The summed E-state index contributed by atoms with van der Waals surface area (Å²) in [5.41, 5.74) is 1.54. The molecule has 0 aliphatic carbocycles. The summed E-state index contributed by atoms with van der Waals surface area (Å²) in [6.45, 7) is 7.89. The second-order valence-electron chi connectivity index (χ2n) is 6.94. The summed E-state index contributed by atoms with van der Waals surface area (Å²) in [7, 11) is 0. The number of aromatic nitrogens is 2. The van der Waals surface area contributed by atoms with E-state index in [1.165, 1.54) is 25.7 Å². The van der Waals surface area contributed by atoms with Crippen molar-refractivity contribution in [1.29, 1.82) is 0 Å². The van der Waals surface area contributed by atoms with Crippen LogP contribution in [0.2, 0.25) is 0 Å². The summed E-state index contributed by atoms with van der Waals surface area (Å²) in [6, 6.07) is 1.90. The van der Waals surface area contributed by atoms with Gasteiger partial charge >= 0.3 is 0 Å². The lowest BCUT2D eigenvalue weighted by Gasteiger charge is -2.27. The summed E-state index contributed by atoms with van der Waals surface area (Å²) in [5.74, 6) is 3.15. The quantitative estimate of drug-likeness (QED) is 0.840. The fraction of sp³-hybridized carbons (Fsp3) is 0.722. The maximum absolute atomic E-state index is 12.9. The van der Waals surface area contributed by atoms with Crippen molar-refractivity contribution in [3.63, 3.8) is 0 Å². The lowest BCUT2D eigenvalue weighted by Crippen LogP contribution is -2.38. The van der Waals surface area contributed by atoms with Crippen LogP contribution >= 0.6 is 11.8 Å². The molecule has 3 heterocycles. The van der Waals surface area contributed by atoms with E-state index < -0.39 is 0 Å². The van der Waals surface area contributed by atoms with E-state index in [0.717, 1.165) is 49.3 Å². The highest BCUT2D eigenvalue weighted by Crippen LogP contribution is 2.21. The number of anilines is 1. The molecule has 24 heavy (non-hydrogen) atoms. The average Bonchev–Trinajstić information content (AvgIpc) is 2.91. The van der Waals surface area contributed by atoms with Crippen LogP contribution in [0.25, 0.3) is 0 Å².